The highest BCUT2D eigenvalue weighted by molar-refractivity contribution is 7.90. The maximum absolute atomic E-state index is 12.5. The highest BCUT2D eigenvalue weighted by Gasteiger charge is 2.20. The van der Waals surface area contributed by atoms with Gasteiger partial charge in [0.1, 0.15) is 0 Å². The maximum atomic E-state index is 12.5. The number of nitrogens with zero attached hydrogens (tertiary/aromatic N) is 3. The van der Waals surface area contributed by atoms with E-state index in [-0.39, 0.29) is 36.8 Å². The van der Waals surface area contributed by atoms with Gasteiger partial charge in [0.05, 0.1) is 37.6 Å². The standard InChI is InChI=1S/C22H31N5O12S/c1-15(28)24-40(38,39)17-4-2-16(3-5-17)23-18(29)10-26(12-20(32)33)8-6-25(11-19(30)31)7-9-27(13-21(34)35)14-22(36)37/h2-5H,6-14H2,1H3,(H,23,29)(H,24,28)(H,30,31)(H,32,33)(H,34,35)(H,36,37). The fourth-order valence-electron chi connectivity index (χ4n) is 3.40. The van der Waals surface area contributed by atoms with E-state index in [2.05, 4.69) is 5.32 Å². The molecule has 0 bridgehead atoms. The van der Waals surface area contributed by atoms with E-state index in [4.69, 9.17) is 10.2 Å². The van der Waals surface area contributed by atoms with Crippen LogP contribution in [0.4, 0.5) is 5.69 Å². The third kappa shape index (κ3) is 14.1. The molecule has 1 aromatic rings. The molecule has 0 spiro atoms. The number of carboxylic acid groups (broad SMARTS) is 4. The molecule has 0 radical (unpaired) electrons. The third-order valence-electron chi connectivity index (χ3n) is 4.99. The van der Waals surface area contributed by atoms with Gasteiger partial charge in [-0.25, -0.2) is 13.1 Å². The first-order valence-corrected chi connectivity index (χ1v) is 13.0. The fraction of sp³-hybridized carbons (Fsp3) is 0.455. The molecule has 1 rings (SSSR count). The Bertz CT molecular complexity index is 1170. The summed E-state index contributed by atoms with van der Waals surface area (Å²) in [5.74, 6) is -6.47. The molecule has 0 aromatic heterocycles. The van der Waals surface area contributed by atoms with Gasteiger partial charge < -0.3 is 25.7 Å². The van der Waals surface area contributed by atoms with E-state index >= 15 is 0 Å². The number of benzene rings is 1. The number of amides is 2. The Morgan fingerprint density at radius 2 is 1.02 bits per heavy atom. The van der Waals surface area contributed by atoms with Crippen molar-refractivity contribution in [3.05, 3.63) is 24.3 Å². The molecule has 0 aliphatic rings. The predicted molar refractivity (Wildman–Crippen MR) is 136 cm³/mol. The predicted octanol–water partition coefficient (Wildman–Crippen LogP) is -2.31. The Morgan fingerprint density at radius 3 is 1.43 bits per heavy atom. The lowest BCUT2D eigenvalue weighted by molar-refractivity contribution is -0.143. The number of aliphatic carboxylic acids is 4. The second-order valence-corrected chi connectivity index (χ2v) is 10.2. The number of carbonyl (C=O) groups is 6. The third-order valence-corrected chi connectivity index (χ3v) is 6.44. The molecule has 0 saturated heterocycles. The van der Waals surface area contributed by atoms with Crippen LogP contribution in [0.3, 0.4) is 0 Å². The van der Waals surface area contributed by atoms with Crippen molar-refractivity contribution in [2.75, 3.05) is 64.2 Å². The Hall–Kier alpha value is -4.13. The van der Waals surface area contributed by atoms with Crippen molar-refractivity contribution >= 4 is 51.4 Å². The minimum atomic E-state index is -4.08. The topological polar surface area (TPSA) is 251 Å². The summed E-state index contributed by atoms with van der Waals surface area (Å²) >= 11 is 0. The van der Waals surface area contributed by atoms with Crippen molar-refractivity contribution in [2.45, 2.75) is 11.8 Å². The lowest BCUT2D eigenvalue weighted by Gasteiger charge is -2.27. The maximum Gasteiger partial charge on any atom is 0.317 e. The first-order valence-electron chi connectivity index (χ1n) is 11.5. The Kier molecular flexibility index (Phi) is 13.6. The molecule has 0 aliphatic heterocycles. The van der Waals surface area contributed by atoms with Crippen LogP contribution in [0.2, 0.25) is 0 Å². The Morgan fingerprint density at radius 1 is 0.650 bits per heavy atom. The summed E-state index contributed by atoms with van der Waals surface area (Å²) in [5, 5.41) is 38.8. The van der Waals surface area contributed by atoms with Crippen LogP contribution in [-0.2, 0) is 38.8 Å². The summed E-state index contributed by atoms with van der Waals surface area (Å²) in [7, 11) is -4.08. The van der Waals surface area contributed by atoms with Gasteiger partial charge in [0.15, 0.2) is 0 Å². The van der Waals surface area contributed by atoms with E-state index in [9.17, 15) is 47.4 Å². The number of carboxylic acids is 4. The molecular formula is C22H31N5O12S. The molecule has 0 saturated carbocycles. The molecule has 6 N–H and O–H groups in total. The van der Waals surface area contributed by atoms with E-state index in [0.717, 1.165) is 24.0 Å². The average Bonchev–Trinajstić information content (AvgIpc) is 2.78. The van der Waals surface area contributed by atoms with Crippen LogP contribution >= 0.6 is 0 Å². The minimum Gasteiger partial charge on any atom is -0.480 e. The van der Waals surface area contributed by atoms with Gasteiger partial charge in [-0.2, -0.15) is 0 Å². The van der Waals surface area contributed by atoms with E-state index in [1.54, 1.807) is 4.72 Å². The van der Waals surface area contributed by atoms with Crippen molar-refractivity contribution in [1.82, 2.24) is 19.4 Å². The van der Waals surface area contributed by atoms with E-state index in [1.165, 1.54) is 21.9 Å². The SMILES string of the molecule is CC(=O)NS(=O)(=O)c1ccc(NC(=O)CN(CCN(CCN(CC(=O)O)CC(=O)O)CC(=O)O)CC(=O)O)cc1. The molecule has 2 amide bonds. The smallest absolute Gasteiger partial charge is 0.317 e. The zero-order chi connectivity index (χ0) is 30.5. The van der Waals surface area contributed by atoms with Crippen LogP contribution in [-0.4, -0.2) is 138 Å². The van der Waals surface area contributed by atoms with Crippen molar-refractivity contribution < 1.29 is 57.6 Å². The van der Waals surface area contributed by atoms with Gasteiger partial charge >= 0.3 is 23.9 Å². The summed E-state index contributed by atoms with van der Waals surface area (Å²) in [6.45, 7) is -1.92. The molecule has 0 unspecified atom stereocenters. The molecule has 18 heteroatoms. The lowest BCUT2D eigenvalue weighted by atomic mass is 10.3. The average molecular weight is 590 g/mol. The first-order chi connectivity index (χ1) is 18.6. The quantitative estimate of drug-likeness (QED) is 0.0992. The summed E-state index contributed by atoms with van der Waals surface area (Å²) in [5.41, 5.74) is 0.187. The Labute approximate surface area is 229 Å². The van der Waals surface area contributed by atoms with Crippen LogP contribution in [0.1, 0.15) is 6.92 Å². The van der Waals surface area contributed by atoms with E-state index in [1.807, 2.05) is 0 Å². The van der Waals surface area contributed by atoms with Crippen LogP contribution in [0, 0.1) is 0 Å². The largest absolute Gasteiger partial charge is 0.480 e. The number of hydrogen-bond donors (Lipinski definition) is 6. The highest BCUT2D eigenvalue weighted by Crippen LogP contribution is 2.14. The molecule has 0 aliphatic carbocycles. The molecule has 0 fully saturated rings. The zero-order valence-corrected chi connectivity index (χ0v) is 22.3. The number of anilines is 1. The summed E-state index contributed by atoms with van der Waals surface area (Å²) in [6.07, 6.45) is 0. The van der Waals surface area contributed by atoms with Crippen molar-refractivity contribution in [3.63, 3.8) is 0 Å². The zero-order valence-electron chi connectivity index (χ0n) is 21.5. The fourth-order valence-corrected chi connectivity index (χ4v) is 4.39. The van der Waals surface area contributed by atoms with Crippen molar-refractivity contribution in [1.29, 1.82) is 0 Å². The normalized spacial score (nSPS) is 11.4. The van der Waals surface area contributed by atoms with Crippen LogP contribution in [0.25, 0.3) is 0 Å². The van der Waals surface area contributed by atoms with Gasteiger partial charge in [-0.05, 0) is 24.3 Å². The number of sulfonamides is 1. The van der Waals surface area contributed by atoms with E-state index < -0.39 is 78.4 Å². The van der Waals surface area contributed by atoms with Gasteiger partial charge in [0.25, 0.3) is 10.0 Å². The first kappa shape index (κ1) is 33.9. The second-order valence-electron chi connectivity index (χ2n) is 8.51. The molecule has 17 nitrogen and oxygen atoms in total. The minimum absolute atomic E-state index is 0.0451. The molecule has 0 atom stereocenters. The lowest BCUT2D eigenvalue weighted by Crippen LogP contribution is -2.46. The number of rotatable bonds is 19. The molecular weight excluding hydrogens is 558 g/mol. The summed E-state index contributed by atoms with van der Waals surface area (Å²) in [4.78, 5) is 71.6. The number of carbonyl (C=O) groups excluding carboxylic acids is 2. The highest BCUT2D eigenvalue weighted by atomic mass is 32.2. The van der Waals surface area contributed by atoms with Crippen LogP contribution in [0.5, 0.6) is 0 Å². The van der Waals surface area contributed by atoms with Crippen LogP contribution in [0.15, 0.2) is 29.2 Å². The Balaban J connectivity index is 2.84. The summed E-state index contributed by atoms with van der Waals surface area (Å²) < 4.78 is 25.8. The number of hydrogen-bond acceptors (Lipinski definition) is 11. The van der Waals surface area contributed by atoms with Gasteiger partial charge in [-0.1, -0.05) is 0 Å². The van der Waals surface area contributed by atoms with Gasteiger partial charge in [-0.15, -0.1) is 0 Å². The molecule has 222 valence electrons. The monoisotopic (exact) mass is 589 g/mol. The van der Waals surface area contributed by atoms with Crippen molar-refractivity contribution in [3.8, 4) is 0 Å². The molecule has 0 heterocycles. The van der Waals surface area contributed by atoms with Gasteiger partial charge in [-0.3, -0.25) is 43.5 Å². The number of nitrogens with one attached hydrogen (secondary N) is 2. The van der Waals surface area contributed by atoms with Gasteiger partial charge in [0, 0.05) is 38.8 Å². The van der Waals surface area contributed by atoms with E-state index in [0.29, 0.717) is 0 Å². The second kappa shape index (κ2) is 16.1. The van der Waals surface area contributed by atoms with Crippen LogP contribution < -0.4 is 10.0 Å². The van der Waals surface area contributed by atoms with Crippen molar-refractivity contribution in [2.24, 2.45) is 0 Å². The van der Waals surface area contributed by atoms with Gasteiger partial charge in [0.2, 0.25) is 11.8 Å². The molecule has 1 aromatic carbocycles. The molecule has 40 heavy (non-hydrogen) atoms. The summed E-state index contributed by atoms with van der Waals surface area (Å²) in [6, 6.07) is 4.83.